The zero-order valence-electron chi connectivity index (χ0n) is 18.1. The fourth-order valence-corrected chi connectivity index (χ4v) is 4.39. The molecule has 14 heteroatoms. The average Bonchev–Trinajstić information content (AvgIpc) is 3.27. The molecule has 1 saturated heterocycles. The van der Waals surface area contributed by atoms with Crippen LogP contribution in [-0.2, 0) is 9.53 Å². The second-order valence-electron chi connectivity index (χ2n) is 8.47. The fourth-order valence-electron chi connectivity index (χ4n) is 4.39. The van der Waals surface area contributed by atoms with Crippen molar-refractivity contribution in [1.29, 1.82) is 0 Å². The normalized spacial score (nSPS) is 24.9. The molecule has 186 valence electrons. The van der Waals surface area contributed by atoms with E-state index in [-0.39, 0.29) is 49.1 Å². The lowest BCUT2D eigenvalue weighted by Crippen LogP contribution is -2.44. The predicted octanol–water partition coefficient (Wildman–Crippen LogP) is 1.33. The van der Waals surface area contributed by atoms with Gasteiger partial charge in [-0.05, 0) is 6.08 Å². The Hall–Kier alpha value is -3.39. The van der Waals surface area contributed by atoms with Gasteiger partial charge in [-0.2, -0.15) is 18.3 Å². The lowest BCUT2D eigenvalue weighted by molar-refractivity contribution is -0.148. The van der Waals surface area contributed by atoms with E-state index in [0.29, 0.717) is 6.07 Å². The number of aliphatic imine (C=N–C) groups is 1. The molecule has 3 unspecified atom stereocenters. The third-order valence-electron chi connectivity index (χ3n) is 5.90. The van der Waals surface area contributed by atoms with Gasteiger partial charge in [0.1, 0.15) is 18.1 Å². The highest BCUT2D eigenvalue weighted by Crippen LogP contribution is 2.33. The molecule has 0 aliphatic carbocycles. The van der Waals surface area contributed by atoms with Gasteiger partial charge >= 0.3 is 6.18 Å². The highest BCUT2D eigenvalue weighted by atomic mass is 19.4. The number of aromatic nitrogens is 2. The maximum atomic E-state index is 14.1. The number of hydrogen-bond acceptors (Lipinski definition) is 7. The van der Waals surface area contributed by atoms with Crippen LogP contribution in [0.2, 0.25) is 0 Å². The summed E-state index contributed by atoms with van der Waals surface area (Å²) in [6, 6.07) is -0.741. The Kier molecular flexibility index (Phi) is 5.79. The molecule has 2 aromatic heterocycles. The number of ether oxygens (including phenoxy) is 1. The summed E-state index contributed by atoms with van der Waals surface area (Å²) in [5.74, 6) is -3.11. The summed E-state index contributed by atoms with van der Waals surface area (Å²) in [7, 11) is 0. The van der Waals surface area contributed by atoms with E-state index in [1.54, 1.807) is 0 Å². The number of halogens is 5. The third-order valence-corrected chi connectivity index (χ3v) is 5.90. The van der Waals surface area contributed by atoms with Crippen molar-refractivity contribution in [2.45, 2.75) is 18.3 Å². The maximum Gasteiger partial charge on any atom is 0.407 e. The summed E-state index contributed by atoms with van der Waals surface area (Å²) in [5.41, 5.74) is 5.88. The van der Waals surface area contributed by atoms with Crippen molar-refractivity contribution in [2.24, 2.45) is 21.7 Å². The van der Waals surface area contributed by atoms with E-state index in [0.717, 1.165) is 15.6 Å². The fraction of sp³-hybridized carbons (Fsp3) is 0.429. The van der Waals surface area contributed by atoms with E-state index < -0.39 is 48.3 Å². The number of rotatable bonds is 3. The van der Waals surface area contributed by atoms with Crippen LogP contribution in [0.3, 0.4) is 0 Å². The molecule has 0 spiro atoms. The van der Waals surface area contributed by atoms with Crippen molar-refractivity contribution in [3.05, 3.63) is 47.6 Å². The van der Waals surface area contributed by atoms with Gasteiger partial charge in [-0.3, -0.25) is 19.2 Å². The van der Waals surface area contributed by atoms with Gasteiger partial charge in [-0.25, -0.2) is 13.8 Å². The molecule has 3 aliphatic heterocycles. The standard InChI is InChI=1S/C21H20F5N7O2/c22-11-3-14(23)19-29-6-17(32(19)7-11)18-13-5-28-15(4-16(13)33(30-18)10-21(24,25)26)20(34)31-1-2-35-9-12(27)8-31/h3-7,12-13,16H,1-2,8-10,27H2. The Morgan fingerprint density at radius 3 is 2.86 bits per heavy atom. The summed E-state index contributed by atoms with van der Waals surface area (Å²) in [6.45, 7) is -0.357. The van der Waals surface area contributed by atoms with Crippen molar-refractivity contribution >= 4 is 23.5 Å². The summed E-state index contributed by atoms with van der Waals surface area (Å²) in [6.07, 6.45) is 0.248. The van der Waals surface area contributed by atoms with Gasteiger partial charge in [0.05, 0.1) is 42.8 Å². The number of carbonyl (C=O) groups is 1. The number of alkyl halides is 3. The van der Waals surface area contributed by atoms with E-state index in [4.69, 9.17) is 10.5 Å². The number of hydrogen-bond donors (Lipinski definition) is 1. The minimum Gasteiger partial charge on any atom is -0.378 e. The molecule has 2 N–H and O–H groups in total. The van der Waals surface area contributed by atoms with Crippen LogP contribution in [0.1, 0.15) is 5.69 Å². The molecule has 5 heterocycles. The van der Waals surface area contributed by atoms with Crippen LogP contribution in [0.5, 0.6) is 0 Å². The van der Waals surface area contributed by atoms with E-state index in [1.807, 2.05) is 0 Å². The first-order valence-corrected chi connectivity index (χ1v) is 10.7. The van der Waals surface area contributed by atoms with Crippen LogP contribution in [0.4, 0.5) is 22.0 Å². The van der Waals surface area contributed by atoms with Crippen LogP contribution in [0.25, 0.3) is 5.65 Å². The summed E-state index contributed by atoms with van der Waals surface area (Å²) < 4.78 is 74.5. The zero-order chi connectivity index (χ0) is 24.9. The number of nitrogens with two attached hydrogens (primary N) is 1. The number of hydrazone groups is 1. The number of pyridine rings is 1. The highest BCUT2D eigenvalue weighted by Gasteiger charge is 2.44. The topological polar surface area (TPSA) is 101 Å². The lowest BCUT2D eigenvalue weighted by atomic mass is 9.92. The van der Waals surface area contributed by atoms with Crippen molar-refractivity contribution in [1.82, 2.24) is 19.3 Å². The van der Waals surface area contributed by atoms with Gasteiger partial charge in [0.15, 0.2) is 11.5 Å². The van der Waals surface area contributed by atoms with Crippen molar-refractivity contribution < 1.29 is 31.5 Å². The van der Waals surface area contributed by atoms with Crippen molar-refractivity contribution in [2.75, 3.05) is 32.8 Å². The summed E-state index contributed by atoms with van der Waals surface area (Å²) in [4.78, 5) is 22.6. The van der Waals surface area contributed by atoms with Gasteiger partial charge in [-0.15, -0.1) is 0 Å². The van der Waals surface area contributed by atoms with Crippen LogP contribution in [0, 0.1) is 17.6 Å². The van der Waals surface area contributed by atoms with E-state index >= 15 is 0 Å². The minimum atomic E-state index is -4.59. The molecular formula is C21H20F5N7O2. The summed E-state index contributed by atoms with van der Waals surface area (Å²) >= 11 is 0. The zero-order valence-corrected chi connectivity index (χ0v) is 18.1. The van der Waals surface area contributed by atoms with E-state index in [9.17, 15) is 26.7 Å². The highest BCUT2D eigenvalue weighted by molar-refractivity contribution is 6.12. The van der Waals surface area contributed by atoms with Crippen molar-refractivity contribution in [3.63, 3.8) is 0 Å². The Morgan fingerprint density at radius 2 is 2.09 bits per heavy atom. The minimum absolute atomic E-state index is 0.0424. The second-order valence-corrected chi connectivity index (χ2v) is 8.47. The van der Waals surface area contributed by atoms with Gasteiger partial charge < -0.3 is 15.4 Å². The smallest absolute Gasteiger partial charge is 0.378 e. The van der Waals surface area contributed by atoms with Crippen LogP contribution in [-0.4, -0.2) is 88.2 Å². The van der Waals surface area contributed by atoms with Gasteiger partial charge in [0.2, 0.25) is 0 Å². The molecule has 3 aliphatic rings. The first-order chi connectivity index (χ1) is 16.6. The Bertz CT molecular complexity index is 1250. The van der Waals surface area contributed by atoms with Crippen LogP contribution < -0.4 is 5.73 Å². The number of fused-ring (bicyclic) bond motifs is 2. The van der Waals surface area contributed by atoms with Crippen LogP contribution in [0.15, 0.2) is 40.3 Å². The average molecular weight is 497 g/mol. The molecule has 35 heavy (non-hydrogen) atoms. The molecular weight excluding hydrogens is 477 g/mol. The van der Waals surface area contributed by atoms with Gasteiger partial charge in [-0.1, -0.05) is 0 Å². The molecule has 5 rings (SSSR count). The number of imidazole rings is 1. The molecule has 1 amide bonds. The molecule has 0 saturated carbocycles. The van der Waals surface area contributed by atoms with Gasteiger partial charge in [0.25, 0.3) is 5.91 Å². The quantitative estimate of drug-likeness (QED) is 0.646. The number of nitrogens with zero attached hydrogens (tertiary/aromatic N) is 6. The first kappa shape index (κ1) is 23.4. The predicted molar refractivity (Wildman–Crippen MR) is 114 cm³/mol. The van der Waals surface area contributed by atoms with Crippen molar-refractivity contribution in [3.8, 4) is 0 Å². The molecule has 2 aromatic rings. The maximum absolute atomic E-state index is 14.1. The molecule has 9 nitrogen and oxygen atoms in total. The SMILES string of the molecule is NC1COCCN(C(=O)C2=CC3C(C=N2)C(c2cnc4c(F)cc(F)cn24)=NN3CC(F)(F)F)C1. The van der Waals surface area contributed by atoms with E-state index in [2.05, 4.69) is 15.1 Å². The lowest BCUT2D eigenvalue weighted by Gasteiger charge is -2.28. The van der Waals surface area contributed by atoms with Crippen LogP contribution >= 0.6 is 0 Å². The number of carbonyl (C=O) groups excluding carboxylic acids is 1. The molecule has 0 aromatic carbocycles. The monoisotopic (exact) mass is 497 g/mol. The van der Waals surface area contributed by atoms with E-state index in [1.165, 1.54) is 23.4 Å². The molecule has 0 radical (unpaired) electrons. The van der Waals surface area contributed by atoms with Gasteiger partial charge in [0, 0.05) is 37.6 Å². The largest absolute Gasteiger partial charge is 0.407 e. The second kappa shape index (κ2) is 8.68. The Labute approximate surface area is 195 Å². The molecule has 3 atom stereocenters. The molecule has 0 bridgehead atoms. The number of amides is 1. The summed E-state index contributed by atoms with van der Waals surface area (Å²) in [5, 5.41) is 4.92. The first-order valence-electron chi connectivity index (χ1n) is 10.7. The third kappa shape index (κ3) is 4.50. The Balaban J connectivity index is 1.50. The Morgan fingerprint density at radius 1 is 1.29 bits per heavy atom. The molecule has 1 fully saturated rings.